The van der Waals surface area contributed by atoms with Crippen LogP contribution >= 0.6 is 0 Å². The van der Waals surface area contributed by atoms with Crippen LogP contribution in [-0.2, 0) is 11.2 Å². The zero-order valence-corrected chi connectivity index (χ0v) is 14.5. The van der Waals surface area contributed by atoms with E-state index in [1.54, 1.807) is 37.3 Å². The molecule has 5 nitrogen and oxygen atoms in total. The van der Waals surface area contributed by atoms with Crippen LogP contribution in [0, 0.1) is 0 Å². The number of aryl methyl sites for hydroxylation is 1. The van der Waals surface area contributed by atoms with E-state index in [1.807, 2.05) is 12.1 Å². The van der Waals surface area contributed by atoms with Crippen molar-refractivity contribution >= 4 is 12.1 Å². The van der Waals surface area contributed by atoms with E-state index in [2.05, 4.69) is 6.92 Å². The lowest BCUT2D eigenvalue weighted by atomic mass is 10.1. The Bertz CT molecular complexity index is 706. The summed E-state index contributed by atoms with van der Waals surface area (Å²) < 4.78 is 15.0. The zero-order valence-electron chi connectivity index (χ0n) is 14.5. The van der Waals surface area contributed by atoms with Crippen molar-refractivity contribution < 1.29 is 23.8 Å². The summed E-state index contributed by atoms with van der Waals surface area (Å²) in [5.41, 5.74) is 1.67. The molecule has 0 radical (unpaired) electrons. The van der Waals surface area contributed by atoms with Gasteiger partial charge in [-0.1, -0.05) is 31.5 Å². The molecule has 0 bridgehead atoms. The van der Waals surface area contributed by atoms with Crippen LogP contribution in [0.25, 0.3) is 0 Å². The van der Waals surface area contributed by atoms with Crippen molar-refractivity contribution in [1.29, 1.82) is 0 Å². The standard InChI is InChI=1S/C20H22O5/c1-3-5-7-15-10-12-16(13-11-15)19(21)24-17-8-6-9-18(14-17)25-20(22)23-4-2/h6,8-14H,3-5,7H2,1-2H3. The molecule has 0 fully saturated rings. The first-order valence-corrected chi connectivity index (χ1v) is 8.38. The Morgan fingerprint density at radius 3 is 2.24 bits per heavy atom. The maximum atomic E-state index is 12.2. The van der Waals surface area contributed by atoms with Crippen LogP contribution < -0.4 is 9.47 Å². The summed E-state index contributed by atoms with van der Waals surface area (Å²) in [4.78, 5) is 23.5. The zero-order chi connectivity index (χ0) is 18.1. The summed E-state index contributed by atoms with van der Waals surface area (Å²) in [5, 5.41) is 0. The van der Waals surface area contributed by atoms with Gasteiger partial charge in [0.15, 0.2) is 0 Å². The molecule has 2 rings (SSSR count). The third-order valence-corrected chi connectivity index (χ3v) is 3.49. The molecule has 25 heavy (non-hydrogen) atoms. The normalized spacial score (nSPS) is 10.2. The largest absolute Gasteiger partial charge is 0.513 e. The molecular formula is C20H22O5. The van der Waals surface area contributed by atoms with E-state index in [1.165, 1.54) is 11.6 Å². The molecule has 0 amide bonds. The Morgan fingerprint density at radius 2 is 1.60 bits per heavy atom. The molecule has 5 heteroatoms. The van der Waals surface area contributed by atoms with Crippen molar-refractivity contribution in [3.05, 3.63) is 59.7 Å². The number of esters is 1. The van der Waals surface area contributed by atoms with Crippen LogP contribution in [0.3, 0.4) is 0 Å². The Morgan fingerprint density at radius 1 is 0.920 bits per heavy atom. The first-order chi connectivity index (χ1) is 12.1. The van der Waals surface area contributed by atoms with Gasteiger partial charge in [0.05, 0.1) is 12.2 Å². The molecule has 0 aliphatic heterocycles. The minimum atomic E-state index is -0.798. The summed E-state index contributed by atoms with van der Waals surface area (Å²) in [6.45, 7) is 4.06. The second kappa shape index (κ2) is 9.47. The van der Waals surface area contributed by atoms with E-state index in [4.69, 9.17) is 14.2 Å². The van der Waals surface area contributed by atoms with Crippen molar-refractivity contribution in [2.75, 3.05) is 6.61 Å². The average Bonchev–Trinajstić information content (AvgIpc) is 2.61. The predicted octanol–water partition coefficient (Wildman–Crippen LogP) is 4.78. The molecule has 0 saturated heterocycles. The van der Waals surface area contributed by atoms with Gasteiger partial charge in [-0.05, 0) is 49.6 Å². The molecule has 0 aliphatic carbocycles. The lowest BCUT2D eigenvalue weighted by Crippen LogP contribution is -2.11. The molecule has 0 atom stereocenters. The summed E-state index contributed by atoms with van der Waals surface area (Å²) in [6, 6.07) is 13.7. The van der Waals surface area contributed by atoms with Gasteiger partial charge in [-0.15, -0.1) is 0 Å². The smallest absolute Gasteiger partial charge is 0.434 e. The van der Waals surface area contributed by atoms with Crippen LogP contribution in [-0.4, -0.2) is 18.7 Å². The number of unbranched alkanes of at least 4 members (excludes halogenated alkanes) is 1. The van der Waals surface area contributed by atoms with Crippen LogP contribution in [0.1, 0.15) is 42.6 Å². The maximum Gasteiger partial charge on any atom is 0.513 e. The summed E-state index contributed by atoms with van der Waals surface area (Å²) in [6.07, 6.45) is 2.46. The van der Waals surface area contributed by atoms with Gasteiger partial charge < -0.3 is 14.2 Å². The number of ether oxygens (including phenoxy) is 3. The topological polar surface area (TPSA) is 61.8 Å². The molecule has 0 saturated carbocycles. The first kappa shape index (κ1) is 18.5. The molecule has 0 aliphatic rings. The van der Waals surface area contributed by atoms with E-state index in [0.717, 1.165) is 19.3 Å². The van der Waals surface area contributed by atoms with E-state index in [9.17, 15) is 9.59 Å². The van der Waals surface area contributed by atoms with Crippen molar-refractivity contribution in [2.24, 2.45) is 0 Å². The summed E-state index contributed by atoms with van der Waals surface area (Å²) in [5.74, 6) is 0.0795. The third kappa shape index (κ3) is 5.95. The predicted molar refractivity (Wildman–Crippen MR) is 94.1 cm³/mol. The van der Waals surface area contributed by atoms with Crippen molar-refractivity contribution in [1.82, 2.24) is 0 Å². The van der Waals surface area contributed by atoms with Gasteiger partial charge in [0.25, 0.3) is 0 Å². The van der Waals surface area contributed by atoms with Gasteiger partial charge in [-0.25, -0.2) is 9.59 Å². The lowest BCUT2D eigenvalue weighted by molar-refractivity contribution is 0.0734. The number of rotatable bonds is 7. The second-order valence-corrected chi connectivity index (χ2v) is 5.45. The molecular weight excluding hydrogens is 320 g/mol. The minimum absolute atomic E-state index is 0.224. The van der Waals surface area contributed by atoms with Crippen LogP contribution in [0.4, 0.5) is 4.79 Å². The van der Waals surface area contributed by atoms with E-state index >= 15 is 0 Å². The van der Waals surface area contributed by atoms with Gasteiger partial charge in [-0.3, -0.25) is 0 Å². The highest BCUT2D eigenvalue weighted by molar-refractivity contribution is 5.91. The van der Waals surface area contributed by atoms with Gasteiger partial charge in [-0.2, -0.15) is 0 Å². The number of carbonyl (C=O) groups is 2. The number of hydrogen-bond donors (Lipinski definition) is 0. The number of hydrogen-bond acceptors (Lipinski definition) is 5. The third-order valence-electron chi connectivity index (χ3n) is 3.49. The highest BCUT2D eigenvalue weighted by atomic mass is 16.7. The Labute approximate surface area is 147 Å². The molecule has 0 unspecified atom stereocenters. The first-order valence-electron chi connectivity index (χ1n) is 8.38. The molecule has 2 aromatic rings. The van der Waals surface area contributed by atoms with E-state index in [0.29, 0.717) is 11.3 Å². The average molecular weight is 342 g/mol. The number of carbonyl (C=O) groups excluding carboxylic acids is 2. The Kier molecular flexibility index (Phi) is 7.01. The minimum Gasteiger partial charge on any atom is -0.434 e. The van der Waals surface area contributed by atoms with Crippen molar-refractivity contribution in [3.63, 3.8) is 0 Å². The monoisotopic (exact) mass is 342 g/mol. The summed E-state index contributed by atoms with van der Waals surface area (Å²) in [7, 11) is 0. The van der Waals surface area contributed by atoms with Crippen molar-refractivity contribution in [3.8, 4) is 11.5 Å². The fourth-order valence-electron chi connectivity index (χ4n) is 2.20. The molecule has 2 aromatic carbocycles. The Balaban J connectivity index is 1.99. The van der Waals surface area contributed by atoms with E-state index in [-0.39, 0.29) is 12.4 Å². The molecule has 0 spiro atoms. The SMILES string of the molecule is CCCCc1ccc(C(=O)Oc2cccc(OC(=O)OCC)c2)cc1. The van der Waals surface area contributed by atoms with Gasteiger partial charge in [0.1, 0.15) is 11.5 Å². The Hall–Kier alpha value is -2.82. The molecule has 0 N–H and O–H groups in total. The maximum absolute atomic E-state index is 12.2. The van der Waals surface area contributed by atoms with Crippen molar-refractivity contribution in [2.45, 2.75) is 33.1 Å². The number of benzene rings is 2. The van der Waals surface area contributed by atoms with Gasteiger partial charge in [0.2, 0.25) is 0 Å². The fourth-order valence-corrected chi connectivity index (χ4v) is 2.20. The highest BCUT2D eigenvalue weighted by Crippen LogP contribution is 2.21. The molecule has 0 aromatic heterocycles. The van der Waals surface area contributed by atoms with Gasteiger partial charge >= 0.3 is 12.1 Å². The fraction of sp³-hybridized carbons (Fsp3) is 0.300. The molecule has 132 valence electrons. The second-order valence-electron chi connectivity index (χ2n) is 5.45. The van der Waals surface area contributed by atoms with E-state index < -0.39 is 12.1 Å². The molecule has 0 heterocycles. The van der Waals surface area contributed by atoms with Crippen LogP contribution in [0.5, 0.6) is 11.5 Å². The lowest BCUT2D eigenvalue weighted by Gasteiger charge is -2.08. The quantitative estimate of drug-likeness (QED) is 0.411. The highest BCUT2D eigenvalue weighted by Gasteiger charge is 2.11. The van der Waals surface area contributed by atoms with Crippen LogP contribution in [0.2, 0.25) is 0 Å². The van der Waals surface area contributed by atoms with Gasteiger partial charge in [0, 0.05) is 6.07 Å². The summed E-state index contributed by atoms with van der Waals surface area (Å²) >= 11 is 0. The van der Waals surface area contributed by atoms with Crippen LogP contribution in [0.15, 0.2) is 48.5 Å².